The van der Waals surface area contributed by atoms with Crippen molar-refractivity contribution in [3.05, 3.63) is 83.4 Å². The van der Waals surface area contributed by atoms with Crippen LogP contribution in [0, 0.1) is 5.82 Å². The highest BCUT2D eigenvalue weighted by molar-refractivity contribution is 6.35. The minimum Gasteiger partial charge on any atom is -0.366 e. The summed E-state index contributed by atoms with van der Waals surface area (Å²) in [5.74, 6) is -0.526. The van der Waals surface area contributed by atoms with Crippen molar-refractivity contribution < 1.29 is 14.0 Å². The Morgan fingerprint density at radius 2 is 1.81 bits per heavy atom. The van der Waals surface area contributed by atoms with Gasteiger partial charge >= 0.3 is 0 Å². The average molecular weight is 416 g/mol. The summed E-state index contributed by atoms with van der Waals surface area (Å²) in [6, 6.07) is 15.7. The van der Waals surface area contributed by atoms with Crippen molar-refractivity contribution in [2.24, 2.45) is 0 Å². The zero-order valence-electron chi connectivity index (χ0n) is 16.8. The van der Waals surface area contributed by atoms with Crippen LogP contribution in [-0.2, 0) is 4.79 Å². The van der Waals surface area contributed by atoms with Gasteiger partial charge in [0.2, 0.25) is 0 Å². The van der Waals surface area contributed by atoms with Crippen LogP contribution in [0.4, 0.5) is 15.8 Å². The first-order valence-corrected chi connectivity index (χ1v) is 10.2. The summed E-state index contributed by atoms with van der Waals surface area (Å²) in [5.41, 5.74) is 3.86. The molecule has 6 nitrogen and oxygen atoms in total. The average Bonchev–Trinajstić information content (AvgIpc) is 3.41. The van der Waals surface area contributed by atoms with Gasteiger partial charge in [0.1, 0.15) is 5.82 Å². The Morgan fingerprint density at radius 1 is 1.00 bits per heavy atom. The van der Waals surface area contributed by atoms with Crippen LogP contribution >= 0.6 is 0 Å². The number of aromatic amines is 1. The maximum atomic E-state index is 14.1. The van der Waals surface area contributed by atoms with Crippen molar-refractivity contribution in [2.75, 3.05) is 36.4 Å². The first-order valence-electron chi connectivity index (χ1n) is 10.2. The second kappa shape index (κ2) is 7.75. The predicted molar refractivity (Wildman–Crippen MR) is 118 cm³/mol. The first-order chi connectivity index (χ1) is 15.1. The highest BCUT2D eigenvalue weighted by atomic mass is 19.1. The Hall–Kier alpha value is -3.87. The summed E-state index contributed by atoms with van der Waals surface area (Å²) in [5, 5.41) is 2.85. The standard InChI is InChI=1S/C24H21FN4O2/c25-20-5-1-2-6-22(20)28-10-12-29(13-11-28)24(31)16-7-8-21-18(14-16)19(23(30)27-21)15-17-4-3-9-26-17/h1-9,14-15,26H,10-13H2,(H,27,30)/b19-15-. The largest absolute Gasteiger partial charge is 0.366 e. The van der Waals surface area contributed by atoms with Gasteiger partial charge in [-0.15, -0.1) is 0 Å². The van der Waals surface area contributed by atoms with E-state index in [1.165, 1.54) is 6.07 Å². The topological polar surface area (TPSA) is 68.4 Å². The molecule has 2 amide bonds. The van der Waals surface area contributed by atoms with E-state index in [-0.39, 0.29) is 17.6 Å². The van der Waals surface area contributed by atoms with Gasteiger partial charge < -0.3 is 20.1 Å². The zero-order valence-corrected chi connectivity index (χ0v) is 16.8. The molecule has 0 aliphatic carbocycles. The number of carbonyl (C=O) groups excluding carboxylic acids is 2. The number of piperazine rings is 1. The van der Waals surface area contributed by atoms with E-state index in [1.807, 2.05) is 23.1 Å². The molecule has 0 spiro atoms. The van der Waals surface area contributed by atoms with Crippen LogP contribution in [0.1, 0.15) is 21.6 Å². The smallest absolute Gasteiger partial charge is 0.256 e. The van der Waals surface area contributed by atoms with Crippen LogP contribution < -0.4 is 10.2 Å². The number of fused-ring (bicyclic) bond motifs is 1. The van der Waals surface area contributed by atoms with E-state index in [0.29, 0.717) is 48.7 Å². The highest BCUT2D eigenvalue weighted by Crippen LogP contribution is 2.34. The molecule has 5 rings (SSSR count). The van der Waals surface area contributed by atoms with Crippen molar-refractivity contribution in [1.82, 2.24) is 9.88 Å². The number of para-hydroxylation sites is 1. The fourth-order valence-electron chi connectivity index (χ4n) is 4.10. The van der Waals surface area contributed by atoms with Gasteiger partial charge in [0.25, 0.3) is 11.8 Å². The Bertz CT molecular complexity index is 1180. The number of carbonyl (C=O) groups is 2. The molecular weight excluding hydrogens is 395 g/mol. The van der Waals surface area contributed by atoms with Gasteiger partial charge in [0.05, 0.1) is 11.3 Å². The minimum atomic E-state index is -0.251. The molecule has 1 aromatic heterocycles. The fraction of sp³-hybridized carbons (Fsp3) is 0.167. The maximum Gasteiger partial charge on any atom is 0.256 e. The fourth-order valence-corrected chi connectivity index (χ4v) is 4.10. The third-order valence-electron chi connectivity index (χ3n) is 5.73. The van der Waals surface area contributed by atoms with Gasteiger partial charge in [0, 0.05) is 54.9 Å². The van der Waals surface area contributed by atoms with Crippen molar-refractivity contribution >= 4 is 34.8 Å². The minimum absolute atomic E-state index is 0.0884. The molecule has 0 saturated carbocycles. The van der Waals surface area contributed by atoms with Gasteiger partial charge in [-0.2, -0.15) is 0 Å². The van der Waals surface area contributed by atoms with Gasteiger partial charge in [-0.25, -0.2) is 4.39 Å². The van der Waals surface area contributed by atoms with E-state index in [1.54, 1.807) is 47.5 Å². The second-order valence-electron chi connectivity index (χ2n) is 7.63. The molecule has 3 aromatic rings. The zero-order chi connectivity index (χ0) is 21.4. The van der Waals surface area contributed by atoms with E-state index in [2.05, 4.69) is 10.3 Å². The SMILES string of the molecule is O=C1Nc2ccc(C(=O)N3CCN(c4ccccc4F)CC3)cc2/C1=C/c1ccc[nH]1. The summed E-state index contributed by atoms with van der Waals surface area (Å²) >= 11 is 0. The normalized spacial score (nSPS) is 17.1. The van der Waals surface area contributed by atoms with E-state index < -0.39 is 0 Å². The number of hydrogen-bond acceptors (Lipinski definition) is 3. The summed E-state index contributed by atoms with van der Waals surface area (Å²) in [6.07, 6.45) is 3.57. The highest BCUT2D eigenvalue weighted by Gasteiger charge is 2.28. The van der Waals surface area contributed by atoms with Crippen molar-refractivity contribution in [3.63, 3.8) is 0 Å². The lowest BCUT2D eigenvalue weighted by Gasteiger charge is -2.36. The lowest BCUT2D eigenvalue weighted by Crippen LogP contribution is -2.49. The Kier molecular flexibility index (Phi) is 4.78. The molecule has 0 unspecified atom stereocenters. The van der Waals surface area contributed by atoms with Crippen LogP contribution in [0.5, 0.6) is 0 Å². The number of aromatic nitrogens is 1. The molecule has 0 atom stereocenters. The molecule has 3 heterocycles. The lowest BCUT2D eigenvalue weighted by atomic mass is 10.0. The third-order valence-corrected chi connectivity index (χ3v) is 5.73. The summed E-state index contributed by atoms with van der Waals surface area (Å²) in [4.78, 5) is 32.3. The predicted octanol–water partition coefficient (Wildman–Crippen LogP) is 3.61. The molecule has 2 aliphatic heterocycles. The molecule has 2 N–H and O–H groups in total. The molecule has 1 saturated heterocycles. The molecule has 1 fully saturated rings. The number of nitrogens with zero attached hydrogens (tertiary/aromatic N) is 2. The summed E-state index contributed by atoms with van der Waals surface area (Å²) in [6.45, 7) is 2.14. The van der Waals surface area contributed by atoms with Crippen LogP contribution in [0.3, 0.4) is 0 Å². The summed E-state index contributed by atoms with van der Waals surface area (Å²) < 4.78 is 14.1. The molecule has 2 aromatic carbocycles. The van der Waals surface area contributed by atoms with Gasteiger partial charge in [-0.1, -0.05) is 12.1 Å². The van der Waals surface area contributed by atoms with Gasteiger partial charge in [0.15, 0.2) is 0 Å². The third kappa shape index (κ3) is 3.59. The molecule has 156 valence electrons. The number of halogens is 1. The number of H-pyrrole nitrogens is 1. The van der Waals surface area contributed by atoms with E-state index >= 15 is 0 Å². The lowest BCUT2D eigenvalue weighted by molar-refractivity contribution is -0.110. The Balaban J connectivity index is 1.34. The van der Waals surface area contributed by atoms with Gasteiger partial charge in [-0.3, -0.25) is 9.59 Å². The molecule has 0 radical (unpaired) electrons. The number of anilines is 2. The molecule has 31 heavy (non-hydrogen) atoms. The molecule has 0 bridgehead atoms. The van der Waals surface area contributed by atoms with Crippen LogP contribution in [0.25, 0.3) is 11.6 Å². The maximum absolute atomic E-state index is 14.1. The molecule has 2 aliphatic rings. The van der Waals surface area contributed by atoms with Crippen LogP contribution in [0.15, 0.2) is 60.8 Å². The van der Waals surface area contributed by atoms with Crippen LogP contribution in [-0.4, -0.2) is 47.9 Å². The van der Waals surface area contributed by atoms with Crippen molar-refractivity contribution in [1.29, 1.82) is 0 Å². The number of amides is 2. The quantitative estimate of drug-likeness (QED) is 0.641. The summed E-state index contributed by atoms with van der Waals surface area (Å²) in [7, 11) is 0. The van der Waals surface area contributed by atoms with Crippen molar-refractivity contribution in [3.8, 4) is 0 Å². The van der Waals surface area contributed by atoms with Crippen LogP contribution in [0.2, 0.25) is 0 Å². The number of nitrogens with one attached hydrogen (secondary N) is 2. The molecular formula is C24H21FN4O2. The van der Waals surface area contributed by atoms with Crippen molar-refractivity contribution in [2.45, 2.75) is 0 Å². The number of benzene rings is 2. The first kappa shape index (κ1) is 19.1. The molecule has 7 heteroatoms. The van der Waals surface area contributed by atoms with E-state index in [4.69, 9.17) is 0 Å². The van der Waals surface area contributed by atoms with Gasteiger partial charge in [-0.05, 0) is 48.5 Å². The Labute approximate surface area is 179 Å². The number of rotatable bonds is 3. The van der Waals surface area contributed by atoms with E-state index in [9.17, 15) is 14.0 Å². The Morgan fingerprint density at radius 3 is 2.55 bits per heavy atom. The monoisotopic (exact) mass is 416 g/mol. The van der Waals surface area contributed by atoms with E-state index in [0.717, 1.165) is 11.3 Å². The second-order valence-corrected chi connectivity index (χ2v) is 7.63. The number of hydrogen-bond donors (Lipinski definition) is 2.